The molecule has 0 bridgehead atoms. The fraction of sp³-hybridized carbons (Fsp3) is 0.474. The summed E-state index contributed by atoms with van der Waals surface area (Å²) in [5.41, 5.74) is 1.55. The molecule has 0 fully saturated rings. The Bertz CT molecular complexity index is 953. The second kappa shape index (κ2) is 9.55. The lowest BCUT2D eigenvalue weighted by atomic mass is 10.1. The van der Waals surface area contributed by atoms with Gasteiger partial charge in [-0.05, 0) is 31.0 Å². The number of hydrogen-bond acceptors (Lipinski definition) is 7. The molecule has 0 saturated heterocycles. The molecule has 0 spiro atoms. The maximum absolute atomic E-state index is 12.5. The largest absolute Gasteiger partial charge is 0.454 e. The lowest BCUT2D eigenvalue weighted by molar-refractivity contribution is -0.115. The molecule has 0 atom stereocenters. The van der Waals surface area contributed by atoms with Gasteiger partial charge in [0.25, 0.3) is 0 Å². The van der Waals surface area contributed by atoms with E-state index in [2.05, 4.69) is 10.3 Å². The molecule has 2 heterocycles. The van der Waals surface area contributed by atoms with E-state index in [-0.39, 0.29) is 24.9 Å². The molecule has 1 aromatic heterocycles. The van der Waals surface area contributed by atoms with Crippen molar-refractivity contribution in [1.29, 1.82) is 0 Å². The zero-order valence-electron chi connectivity index (χ0n) is 16.5. The van der Waals surface area contributed by atoms with Crippen LogP contribution in [0, 0.1) is 0 Å². The summed E-state index contributed by atoms with van der Waals surface area (Å²) >= 11 is 1.29. The predicted octanol–water partition coefficient (Wildman–Crippen LogP) is 3.32. The fourth-order valence-electron chi connectivity index (χ4n) is 2.94. The molecule has 158 valence electrons. The van der Waals surface area contributed by atoms with Crippen molar-refractivity contribution in [3.63, 3.8) is 0 Å². The number of benzene rings is 1. The number of anilines is 1. The highest BCUT2D eigenvalue weighted by Crippen LogP contribution is 2.36. The van der Waals surface area contributed by atoms with Gasteiger partial charge >= 0.3 is 0 Å². The predicted molar refractivity (Wildman–Crippen MR) is 113 cm³/mol. The zero-order valence-corrected chi connectivity index (χ0v) is 18.1. The number of nitrogens with one attached hydrogen (secondary N) is 1. The van der Waals surface area contributed by atoms with Gasteiger partial charge in [-0.3, -0.25) is 4.79 Å². The fourth-order valence-corrected chi connectivity index (χ4v) is 5.30. The molecule has 8 nitrogen and oxygen atoms in total. The third-order valence-electron chi connectivity index (χ3n) is 4.35. The topological polar surface area (TPSA) is 97.8 Å². The van der Waals surface area contributed by atoms with E-state index >= 15 is 0 Å². The Labute approximate surface area is 174 Å². The molecule has 29 heavy (non-hydrogen) atoms. The van der Waals surface area contributed by atoms with Crippen molar-refractivity contribution in [3.05, 3.63) is 23.6 Å². The van der Waals surface area contributed by atoms with E-state index in [9.17, 15) is 13.2 Å². The van der Waals surface area contributed by atoms with Crippen LogP contribution >= 0.6 is 11.3 Å². The highest BCUT2D eigenvalue weighted by Gasteiger charge is 2.22. The van der Waals surface area contributed by atoms with E-state index in [1.165, 1.54) is 15.6 Å². The number of thiazole rings is 1. The van der Waals surface area contributed by atoms with Crippen LogP contribution < -0.4 is 14.8 Å². The van der Waals surface area contributed by atoms with Gasteiger partial charge in [0.15, 0.2) is 16.6 Å². The molecule has 0 aliphatic carbocycles. The first kappa shape index (κ1) is 21.5. The lowest BCUT2D eigenvalue weighted by Gasteiger charge is -2.20. The Morgan fingerprint density at radius 3 is 2.66 bits per heavy atom. The molecule has 1 N–H and O–H groups in total. The maximum Gasteiger partial charge on any atom is 0.231 e. The van der Waals surface area contributed by atoms with Gasteiger partial charge in [0.1, 0.15) is 0 Å². The minimum absolute atomic E-state index is 0.106. The zero-order chi connectivity index (χ0) is 20.9. The summed E-state index contributed by atoms with van der Waals surface area (Å²) in [5.74, 6) is 0.779. The number of amides is 1. The van der Waals surface area contributed by atoms with Crippen molar-refractivity contribution in [3.8, 4) is 22.8 Å². The number of sulfonamides is 1. The van der Waals surface area contributed by atoms with Crippen molar-refractivity contribution in [1.82, 2.24) is 9.29 Å². The van der Waals surface area contributed by atoms with Gasteiger partial charge in [-0.25, -0.2) is 17.7 Å². The molecular formula is C19H25N3O5S2. The molecule has 1 aromatic carbocycles. The van der Waals surface area contributed by atoms with E-state index in [0.717, 1.165) is 18.4 Å². The van der Waals surface area contributed by atoms with Gasteiger partial charge in [0, 0.05) is 30.5 Å². The quantitative estimate of drug-likeness (QED) is 0.610. The van der Waals surface area contributed by atoms with E-state index in [1.807, 2.05) is 37.4 Å². The van der Waals surface area contributed by atoms with Gasteiger partial charge in [0.2, 0.25) is 22.7 Å². The highest BCUT2D eigenvalue weighted by atomic mass is 32.2. The summed E-state index contributed by atoms with van der Waals surface area (Å²) in [6, 6.07) is 5.53. The van der Waals surface area contributed by atoms with Crippen LogP contribution in [-0.4, -0.2) is 49.2 Å². The normalized spacial score (nSPS) is 13.1. The van der Waals surface area contributed by atoms with Crippen LogP contribution in [0.3, 0.4) is 0 Å². The van der Waals surface area contributed by atoms with Crippen LogP contribution in [0.1, 0.15) is 33.1 Å². The number of carbonyl (C=O) groups is 1. The molecule has 0 radical (unpaired) electrons. The molecule has 0 unspecified atom stereocenters. The molecule has 2 aromatic rings. The van der Waals surface area contributed by atoms with Crippen molar-refractivity contribution in [2.75, 3.05) is 31.0 Å². The van der Waals surface area contributed by atoms with Gasteiger partial charge < -0.3 is 14.8 Å². The second-order valence-corrected chi connectivity index (χ2v) is 9.57. The Balaban J connectivity index is 1.57. The average molecular weight is 440 g/mol. The van der Waals surface area contributed by atoms with Gasteiger partial charge in [-0.1, -0.05) is 13.8 Å². The van der Waals surface area contributed by atoms with Crippen LogP contribution in [0.2, 0.25) is 0 Å². The summed E-state index contributed by atoms with van der Waals surface area (Å²) < 4.78 is 37.1. The first-order valence-corrected chi connectivity index (χ1v) is 12.0. The van der Waals surface area contributed by atoms with Crippen molar-refractivity contribution < 1.29 is 22.7 Å². The Hall–Kier alpha value is -2.17. The third-order valence-corrected chi connectivity index (χ3v) is 6.98. The molecule has 1 amide bonds. The minimum Gasteiger partial charge on any atom is -0.454 e. The summed E-state index contributed by atoms with van der Waals surface area (Å²) in [6.45, 7) is 5.02. The number of rotatable bonds is 10. The number of carbonyl (C=O) groups excluding carboxylic acids is 1. The molecule has 10 heteroatoms. The van der Waals surface area contributed by atoms with Crippen molar-refractivity contribution >= 4 is 32.4 Å². The Morgan fingerprint density at radius 1 is 1.21 bits per heavy atom. The van der Waals surface area contributed by atoms with Crippen LogP contribution in [0.5, 0.6) is 11.5 Å². The van der Waals surface area contributed by atoms with E-state index < -0.39 is 10.0 Å². The Morgan fingerprint density at radius 2 is 1.93 bits per heavy atom. The highest BCUT2D eigenvalue weighted by molar-refractivity contribution is 7.89. The van der Waals surface area contributed by atoms with Crippen LogP contribution in [-0.2, 0) is 14.8 Å². The number of hydrogen-bond donors (Lipinski definition) is 1. The minimum atomic E-state index is -3.45. The van der Waals surface area contributed by atoms with Crippen LogP contribution in [0.4, 0.5) is 5.13 Å². The first-order chi connectivity index (χ1) is 13.9. The third kappa shape index (κ3) is 5.46. The lowest BCUT2D eigenvalue weighted by Crippen LogP contribution is -2.35. The van der Waals surface area contributed by atoms with Gasteiger partial charge in [-0.2, -0.15) is 0 Å². The smallest absolute Gasteiger partial charge is 0.231 e. The maximum atomic E-state index is 12.5. The molecule has 1 aliphatic heterocycles. The van der Waals surface area contributed by atoms with E-state index in [4.69, 9.17) is 9.47 Å². The van der Waals surface area contributed by atoms with Crippen molar-refractivity contribution in [2.24, 2.45) is 0 Å². The van der Waals surface area contributed by atoms with Gasteiger partial charge in [-0.15, -0.1) is 11.3 Å². The number of nitrogens with zero attached hydrogens (tertiary/aromatic N) is 2. The summed E-state index contributed by atoms with van der Waals surface area (Å²) in [4.78, 5) is 16.6. The van der Waals surface area contributed by atoms with Gasteiger partial charge in [0.05, 0.1) is 11.4 Å². The second-order valence-electron chi connectivity index (χ2n) is 6.62. The first-order valence-electron chi connectivity index (χ1n) is 9.56. The van der Waals surface area contributed by atoms with E-state index in [0.29, 0.717) is 35.4 Å². The SMILES string of the molecule is CCCN(CCC)S(=O)(=O)CCC(=O)Nc1nc(-c2ccc3c(c2)OCO3)cs1. The monoisotopic (exact) mass is 439 g/mol. The average Bonchev–Trinajstić information content (AvgIpc) is 3.35. The molecule has 1 aliphatic rings. The standard InChI is InChI=1S/C19H25N3O5S2/c1-3-8-22(9-4-2)29(24,25)10-7-18(23)21-19-20-15(12-28-19)14-5-6-16-17(11-14)27-13-26-16/h5-6,11-12H,3-4,7-10,13H2,1-2H3,(H,20,21,23). The molecule has 3 rings (SSSR count). The van der Waals surface area contributed by atoms with E-state index in [1.54, 1.807) is 0 Å². The molecular weight excluding hydrogens is 414 g/mol. The molecule has 0 saturated carbocycles. The number of ether oxygens (including phenoxy) is 2. The number of fused-ring (bicyclic) bond motifs is 1. The van der Waals surface area contributed by atoms with Crippen LogP contribution in [0.25, 0.3) is 11.3 Å². The van der Waals surface area contributed by atoms with Crippen molar-refractivity contribution in [2.45, 2.75) is 33.1 Å². The Kier molecular flexibility index (Phi) is 7.09. The summed E-state index contributed by atoms with van der Waals surface area (Å²) in [7, 11) is -3.45. The number of aromatic nitrogens is 1. The van der Waals surface area contributed by atoms with Crippen LogP contribution in [0.15, 0.2) is 23.6 Å². The summed E-state index contributed by atoms with van der Waals surface area (Å²) in [6.07, 6.45) is 1.38. The summed E-state index contributed by atoms with van der Waals surface area (Å²) in [5, 5.41) is 4.95.